The fourth-order valence-corrected chi connectivity index (χ4v) is 2.15. The molecule has 1 aliphatic heterocycles. The third-order valence-electron chi connectivity index (χ3n) is 2.96. The number of rotatable bonds is 4. The number of aromatic nitrogens is 1. The summed E-state index contributed by atoms with van der Waals surface area (Å²) in [6, 6.07) is 3.99. The van der Waals surface area contributed by atoms with Crippen LogP contribution < -0.4 is 5.32 Å². The van der Waals surface area contributed by atoms with Gasteiger partial charge in [-0.3, -0.25) is 4.79 Å². The zero-order chi connectivity index (χ0) is 12.3. The Labute approximate surface area is 102 Å². The van der Waals surface area contributed by atoms with Crippen LogP contribution in [0.4, 0.5) is 5.82 Å². The zero-order valence-corrected chi connectivity index (χ0v) is 10.4. The van der Waals surface area contributed by atoms with Crippen molar-refractivity contribution in [2.45, 2.75) is 26.8 Å². The second-order valence-electron chi connectivity index (χ2n) is 4.67. The summed E-state index contributed by atoms with van der Waals surface area (Å²) < 4.78 is 0. The lowest BCUT2D eigenvalue weighted by Gasteiger charge is -2.16. The molecule has 2 heterocycles. The molecule has 0 spiro atoms. The summed E-state index contributed by atoms with van der Waals surface area (Å²) in [6.07, 6.45) is 2.52. The Bertz CT molecular complexity index is 388. The molecule has 0 saturated carbocycles. The minimum atomic E-state index is 0.258. The number of anilines is 1. The highest BCUT2D eigenvalue weighted by molar-refractivity contribution is 5.78. The molecule has 17 heavy (non-hydrogen) atoms. The highest BCUT2D eigenvalue weighted by atomic mass is 16.2. The Morgan fingerprint density at radius 2 is 2.35 bits per heavy atom. The van der Waals surface area contributed by atoms with Crippen LogP contribution in [0.5, 0.6) is 0 Å². The standard InChI is InChI=1S/C13H19N3O/c1-3-14-12-5-4-11(7-15-12)9-16-8-10(2)6-13(16)17/h4-5,7,10H,3,6,8-9H2,1-2H3,(H,14,15). The summed E-state index contributed by atoms with van der Waals surface area (Å²) in [5.74, 6) is 1.63. The van der Waals surface area contributed by atoms with E-state index in [1.54, 1.807) is 0 Å². The molecule has 1 atom stereocenters. The van der Waals surface area contributed by atoms with Gasteiger partial charge in [-0.2, -0.15) is 0 Å². The van der Waals surface area contributed by atoms with Gasteiger partial charge < -0.3 is 10.2 Å². The molecule has 1 N–H and O–H groups in total. The Morgan fingerprint density at radius 3 is 2.88 bits per heavy atom. The Hall–Kier alpha value is -1.58. The number of carbonyl (C=O) groups excluding carboxylic acids is 1. The lowest BCUT2D eigenvalue weighted by molar-refractivity contribution is -0.128. The van der Waals surface area contributed by atoms with Gasteiger partial charge in [-0.25, -0.2) is 4.98 Å². The molecular weight excluding hydrogens is 214 g/mol. The van der Waals surface area contributed by atoms with Gasteiger partial charge in [-0.05, 0) is 24.5 Å². The maximum Gasteiger partial charge on any atom is 0.223 e. The molecule has 92 valence electrons. The van der Waals surface area contributed by atoms with Gasteiger partial charge in [0.15, 0.2) is 0 Å². The molecule has 1 aromatic heterocycles. The smallest absolute Gasteiger partial charge is 0.223 e. The van der Waals surface area contributed by atoms with E-state index < -0.39 is 0 Å². The van der Waals surface area contributed by atoms with E-state index in [2.05, 4.69) is 17.2 Å². The van der Waals surface area contributed by atoms with Crippen molar-refractivity contribution < 1.29 is 4.79 Å². The quantitative estimate of drug-likeness (QED) is 0.863. The average Bonchev–Trinajstić information content (AvgIpc) is 2.61. The number of hydrogen-bond acceptors (Lipinski definition) is 3. The first-order chi connectivity index (χ1) is 8.19. The van der Waals surface area contributed by atoms with Gasteiger partial charge >= 0.3 is 0 Å². The van der Waals surface area contributed by atoms with Crippen LogP contribution in [-0.4, -0.2) is 28.9 Å². The molecule has 0 aliphatic carbocycles. The number of hydrogen-bond donors (Lipinski definition) is 1. The van der Waals surface area contributed by atoms with Crippen molar-refractivity contribution in [3.8, 4) is 0 Å². The molecule has 0 bridgehead atoms. The van der Waals surface area contributed by atoms with E-state index in [9.17, 15) is 4.79 Å². The van der Waals surface area contributed by atoms with Crippen molar-refractivity contribution in [1.82, 2.24) is 9.88 Å². The Kier molecular flexibility index (Phi) is 3.61. The first kappa shape index (κ1) is 11.9. The third-order valence-corrected chi connectivity index (χ3v) is 2.96. The highest BCUT2D eigenvalue weighted by Crippen LogP contribution is 2.19. The van der Waals surface area contributed by atoms with Crippen LogP contribution in [0.2, 0.25) is 0 Å². The number of pyridine rings is 1. The third kappa shape index (κ3) is 2.96. The summed E-state index contributed by atoms with van der Waals surface area (Å²) in [5.41, 5.74) is 1.09. The monoisotopic (exact) mass is 233 g/mol. The first-order valence-corrected chi connectivity index (χ1v) is 6.15. The van der Waals surface area contributed by atoms with Gasteiger partial charge in [0.1, 0.15) is 5.82 Å². The van der Waals surface area contributed by atoms with Gasteiger partial charge in [0.2, 0.25) is 5.91 Å². The van der Waals surface area contributed by atoms with Crippen molar-refractivity contribution in [3.05, 3.63) is 23.9 Å². The van der Waals surface area contributed by atoms with Gasteiger partial charge in [0.25, 0.3) is 0 Å². The normalized spacial score (nSPS) is 19.8. The summed E-state index contributed by atoms with van der Waals surface area (Å²) in [5, 5.41) is 3.15. The largest absolute Gasteiger partial charge is 0.370 e. The van der Waals surface area contributed by atoms with E-state index in [4.69, 9.17) is 0 Å². The van der Waals surface area contributed by atoms with Crippen LogP contribution in [0.3, 0.4) is 0 Å². The number of likely N-dealkylation sites (tertiary alicyclic amines) is 1. The Balaban J connectivity index is 1.97. The second kappa shape index (κ2) is 5.17. The molecule has 1 fully saturated rings. The van der Waals surface area contributed by atoms with E-state index in [1.165, 1.54) is 0 Å². The summed E-state index contributed by atoms with van der Waals surface area (Å²) >= 11 is 0. The lowest BCUT2D eigenvalue weighted by Crippen LogP contribution is -2.24. The minimum Gasteiger partial charge on any atom is -0.370 e. The second-order valence-corrected chi connectivity index (χ2v) is 4.67. The molecule has 1 saturated heterocycles. The zero-order valence-electron chi connectivity index (χ0n) is 10.4. The van der Waals surface area contributed by atoms with E-state index in [0.29, 0.717) is 18.9 Å². The molecule has 4 nitrogen and oxygen atoms in total. The molecule has 4 heteroatoms. The van der Waals surface area contributed by atoms with Gasteiger partial charge in [-0.15, -0.1) is 0 Å². The van der Waals surface area contributed by atoms with E-state index in [0.717, 1.165) is 24.5 Å². The molecule has 1 unspecified atom stereocenters. The lowest BCUT2D eigenvalue weighted by atomic mass is 10.2. The van der Waals surface area contributed by atoms with Crippen LogP contribution in [0.25, 0.3) is 0 Å². The molecule has 1 aromatic rings. The highest BCUT2D eigenvalue weighted by Gasteiger charge is 2.26. The molecular formula is C13H19N3O. The summed E-state index contributed by atoms with van der Waals surface area (Å²) in [4.78, 5) is 17.9. The maximum absolute atomic E-state index is 11.7. The van der Waals surface area contributed by atoms with Crippen molar-refractivity contribution in [2.75, 3.05) is 18.4 Å². The number of nitrogens with zero attached hydrogens (tertiary/aromatic N) is 2. The fourth-order valence-electron chi connectivity index (χ4n) is 2.15. The SMILES string of the molecule is CCNc1ccc(CN2CC(C)CC2=O)cn1. The molecule has 2 rings (SSSR count). The van der Waals surface area contributed by atoms with Crippen LogP contribution in [-0.2, 0) is 11.3 Å². The predicted octanol–water partition coefficient (Wildman–Crippen LogP) is 1.88. The van der Waals surface area contributed by atoms with Gasteiger partial charge in [-0.1, -0.05) is 13.0 Å². The first-order valence-electron chi connectivity index (χ1n) is 6.15. The molecule has 1 aliphatic rings. The topological polar surface area (TPSA) is 45.2 Å². The Morgan fingerprint density at radius 1 is 1.53 bits per heavy atom. The van der Waals surface area contributed by atoms with Crippen LogP contribution in [0.1, 0.15) is 25.8 Å². The summed E-state index contributed by atoms with van der Waals surface area (Å²) in [7, 11) is 0. The summed E-state index contributed by atoms with van der Waals surface area (Å²) in [6.45, 7) is 6.58. The van der Waals surface area contributed by atoms with Crippen molar-refractivity contribution in [2.24, 2.45) is 5.92 Å². The van der Waals surface area contributed by atoms with Gasteiger partial charge in [0.05, 0.1) is 0 Å². The molecule has 1 amide bonds. The van der Waals surface area contributed by atoms with Crippen molar-refractivity contribution in [3.63, 3.8) is 0 Å². The van der Waals surface area contributed by atoms with Crippen molar-refractivity contribution in [1.29, 1.82) is 0 Å². The average molecular weight is 233 g/mol. The van der Waals surface area contributed by atoms with Crippen molar-refractivity contribution >= 4 is 11.7 Å². The van der Waals surface area contributed by atoms with Crippen LogP contribution >= 0.6 is 0 Å². The van der Waals surface area contributed by atoms with Crippen LogP contribution in [0, 0.1) is 5.92 Å². The number of amides is 1. The maximum atomic E-state index is 11.7. The van der Waals surface area contributed by atoms with E-state index >= 15 is 0 Å². The number of carbonyl (C=O) groups is 1. The molecule has 0 aromatic carbocycles. The van der Waals surface area contributed by atoms with Gasteiger partial charge in [0, 0.05) is 32.3 Å². The predicted molar refractivity (Wildman–Crippen MR) is 67.6 cm³/mol. The minimum absolute atomic E-state index is 0.258. The van der Waals surface area contributed by atoms with E-state index in [-0.39, 0.29) is 5.91 Å². The van der Waals surface area contributed by atoms with Crippen LogP contribution in [0.15, 0.2) is 18.3 Å². The fraction of sp³-hybridized carbons (Fsp3) is 0.538. The number of nitrogens with one attached hydrogen (secondary N) is 1. The van der Waals surface area contributed by atoms with E-state index in [1.807, 2.05) is 30.2 Å². The molecule has 0 radical (unpaired) electrons.